The number of hydrogen-bond acceptors (Lipinski definition) is 5. The van der Waals surface area contributed by atoms with E-state index in [1.165, 1.54) is 4.90 Å². The van der Waals surface area contributed by atoms with Crippen LogP contribution in [0.25, 0.3) is 11.4 Å². The van der Waals surface area contributed by atoms with E-state index in [1.54, 1.807) is 11.8 Å². The number of nitrogens with two attached hydrogens (primary N) is 1. The van der Waals surface area contributed by atoms with Crippen molar-refractivity contribution in [3.8, 4) is 11.4 Å². The Bertz CT molecular complexity index is 539. The van der Waals surface area contributed by atoms with E-state index >= 15 is 0 Å². The van der Waals surface area contributed by atoms with Gasteiger partial charge in [0.2, 0.25) is 11.7 Å². The van der Waals surface area contributed by atoms with E-state index in [4.69, 9.17) is 10.3 Å². The largest absolute Gasteiger partial charge is 0.339 e. The average molecular weight is 305 g/mol. The van der Waals surface area contributed by atoms with Gasteiger partial charge in [0.15, 0.2) is 0 Å². The third-order valence-electron chi connectivity index (χ3n) is 3.74. The van der Waals surface area contributed by atoms with Crippen LogP contribution >= 0.6 is 11.8 Å². The van der Waals surface area contributed by atoms with E-state index in [-0.39, 0.29) is 0 Å². The first-order valence-corrected chi connectivity index (χ1v) is 8.66. The third kappa shape index (κ3) is 4.58. The Kier molecular flexibility index (Phi) is 6.26. The van der Waals surface area contributed by atoms with E-state index in [9.17, 15) is 0 Å². The summed E-state index contributed by atoms with van der Waals surface area (Å²) in [5.41, 5.74) is 6.62. The van der Waals surface area contributed by atoms with E-state index in [2.05, 4.69) is 35.5 Å². The van der Waals surface area contributed by atoms with Gasteiger partial charge in [0.25, 0.3) is 0 Å². The van der Waals surface area contributed by atoms with Crippen LogP contribution in [0.1, 0.15) is 32.1 Å². The lowest BCUT2D eigenvalue weighted by atomic mass is 9.97. The zero-order valence-corrected chi connectivity index (χ0v) is 13.5. The average Bonchev–Trinajstić information content (AvgIpc) is 3.00. The molecule has 1 unspecified atom stereocenters. The Morgan fingerprint density at radius 3 is 2.62 bits per heavy atom. The van der Waals surface area contributed by atoms with Gasteiger partial charge in [-0.25, -0.2) is 0 Å². The van der Waals surface area contributed by atoms with Crippen LogP contribution in [0.4, 0.5) is 0 Å². The smallest absolute Gasteiger partial charge is 0.226 e. The molecule has 2 N–H and O–H groups in total. The summed E-state index contributed by atoms with van der Waals surface area (Å²) in [6, 6.07) is 8.21. The monoisotopic (exact) mass is 305 g/mol. The van der Waals surface area contributed by atoms with Gasteiger partial charge in [0, 0.05) is 16.9 Å². The van der Waals surface area contributed by atoms with Crippen molar-refractivity contribution in [3.63, 3.8) is 0 Å². The summed E-state index contributed by atoms with van der Waals surface area (Å²) in [5, 5.41) is 4.07. The van der Waals surface area contributed by atoms with Gasteiger partial charge in [-0.1, -0.05) is 18.5 Å². The van der Waals surface area contributed by atoms with E-state index in [0.29, 0.717) is 11.7 Å². The van der Waals surface area contributed by atoms with Crippen LogP contribution in [0.5, 0.6) is 0 Å². The topological polar surface area (TPSA) is 64.9 Å². The summed E-state index contributed by atoms with van der Waals surface area (Å²) in [6.45, 7) is 2.95. The highest BCUT2D eigenvalue weighted by Crippen LogP contribution is 2.22. The van der Waals surface area contributed by atoms with Crippen LogP contribution in [0.15, 0.2) is 33.7 Å². The molecule has 0 aliphatic heterocycles. The molecule has 2 rings (SSSR count). The van der Waals surface area contributed by atoms with E-state index < -0.39 is 0 Å². The Hall–Kier alpha value is -1.33. The van der Waals surface area contributed by atoms with Crippen LogP contribution < -0.4 is 5.73 Å². The molecule has 0 aliphatic carbocycles. The third-order valence-corrected chi connectivity index (χ3v) is 4.48. The quantitative estimate of drug-likeness (QED) is 0.752. The van der Waals surface area contributed by atoms with Gasteiger partial charge >= 0.3 is 0 Å². The molecule has 1 atom stereocenters. The first-order valence-electron chi connectivity index (χ1n) is 7.43. The van der Waals surface area contributed by atoms with Gasteiger partial charge < -0.3 is 10.3 Å². The number of aromatic nitrogens is 2. The van der Waals surface area contributed by atoms with Gasteiger partial charge in [-0.05, 0) is 55.8 Å². The molecular weight excluding hydrogens is 282 g/mol. The molecule has 0 aliphatic rings. The molecule has 0 saturated carbocycles. The SMILES string of the molecule is CCC(CCN)CCc1nc(-c2ccc(SC)cc2)no1. The second kappa shape index (κ2) is 8.20. The fraction of sp³-hybridized carbons (Fsp3) is 0.500. The summed E-state index contributed by atoms with van der Waals surface area (Å²) in [7, 11) is 0. The molecule has 114 valence electrons. The Balaban J connectivity index is 1.97. The van der Waals surface area contributed by atoms with Crippen LogP contribution in [0.2, 0.25) is 0 Å². The molecule has 0 radical (unpaired) electrons. The molecule has 5 heteroatoms. The Morgan fingerprint density at radius 1 is 1.24 bits per heavy atom. The van der Waals surface area contributed by atoms with Crippen molar-refractivity contribution < 1.29 is 4.52 Å². The minimum atomic E-state index is 0.645. The van der Waals surface area contributed by atoms with Crippen LogP contribution in [0, 0.1) is 5.92 Å². The van der Waals surface area contributed by atoms with Gasteiger partial charge in [-0.15, -0.1) is 11.8 Å². The van der Waals surface area contributed by atoms with Crippen molar-refractivity contribution in [3.05, 3.63) is 30.2 Å². The molecule has 0 fully saturated rings. The Labute approximate surface area is 130 Å². The van der Waals surface area contributed by atoms with Gasteiger partial charge in [0.05, 0.1) is 0 Å². The molecule has 2 aromatic rings. The fourth-order valence-corrected chi connectivity index (χ4v) is 2.74. The summed E-state index contributed by atoms with van der Waals surface area (Å²) in [6.07, 6.45) is 6.16. The summed E-state index contributed by atoms with van der Waals surface area (Å²) in [4.78, 5) is 5.72. The van der Waals surface area contributed by atoms with Gasteiger partial charge in [-0.2, -0.15) is 4.98 Å². The minimum absolute atomic E-state index is 0.645. The predicted octanol–water partition coefficient (Wildman–Crippen LogP) is 3.77. The maximum absolute atomic E-state index is 5.62. The molecular formula is C16H23N3OS. The standard InChI is InChI=1S/C16H23N3OS/c1-3-12(10-11-17)4-9-15-18-16(19-20-15)13-5-7-14(21-2)8-6-13/h5-8,12H,3-4,9-11,17H2,1-2H3. The van der Waals surface area contributed by atoms with Crippen molar-refractivity contribution in [1.82, 2.24) is 10.1 Å². The van der Waals surface area contributed by atoms with Crippen LogP contribution in [0.3, 0.4) is 0 Å². The van der Waals surface area contributed by atoms with Crippen molar-refractivity contribution in [2.75, 3.05) is 12.8 Å². The van der Waals surface area contributed by atoms with Crippen LogP contribution in [-0.4, -0.2) is 22.9 Å². The highest BCUT2D eigenvalue weighted by molar-refractivity contribution is 7.98. The van der Waals surface area contributed by atoms with Gasteiger partial charge in [0.1, 0.15) is 0 Å². The molecule has 0 bridgehead atoms. The number of hydrogen-bond donors (Lipinski definition) is 1. The number of aryl methyl sites for hydroxylation is 1. The fourth-order valence-electron chi connectivity index (χ4n) is 2.33. The molecule has 0 saturated heterocycles. The molecule has 1 aromatic heterocycles. The number of rotatable bonds is 8. The molecule has 21 heavy (non-hydrogen) atoms. The Morgan fingerprint density at radius 2 is 2.00 bits per heavy atom. The highest BCUT2D eigenvalue weighted by atomic mass is 32.2. The summed E-state index contributed by atoms with van der Waals surface area (Å²) in [5.74, 6) is 2.03. The maximum atomic E-state index is 5.62. The van der Waals surface area contributed by atoms with E-state index in [0.717, 1.165) is 43.7 Å². The van der Waals surface area contributed by atoms with Crippen molar-refractivity contribution >= 4 is 11.8 Å². The van der Waals surface area contributed by atoms with Crippen molar-refractivity contribution in [1.29, 1.82) is 0 Å². The number of nitrogens with zero attached hydrogens (tertiary/aromatic N) is 2. The van der Waals surface area contributed by atoms with Crippen LogP contribution in [-0.2, 0) is 6.42 Å². The molecule has 0 amide bonds. The zero-order chi connectivity index (χ0) is 15.1. The molecule has 4 nitrogen and oxygen atoms in total. The number of thioether (sulfide) groups is 1. The second-order valence-corrected chi connectivity index (χ2v) is 6.01. The first-order chi connectivity index (χ1) is 10.3. The molecule has 1 heterocycles. The molecule has 1 aromatic carbocycles. The second-order valence-electron chi connectivity index (χ2n) is 5.13. The predicted molar refractivity (Wildman–Crippen MR) is 87.3 cm³/mol. The zero-order valence-electron chi connectivity index (χ0n) is 12.7. The highest BCUT2D eigenvalue weighted by Gasteiger charge is 2.11. The van der Waals surface area contributed by atoms with Gasteiger partial charge in [-0.3, -0.25) is 0 Å². The van der Waals surface area contributed by atoms with Crippen molar-refractivity contribution in [2.24, 2.45) is 11.7 Å². The lowest BCUT2D eigenvalue weighted by Crippen LogP contribution is -2.09. The number of benzene rings is 1. The summed E-state index contributed by atoms with van der Waals surface area (Å²) < 4.78 is 5.35. The lowest BCUT2D eigenvalue weighted by molar-refractivity contribution is 0.354. The first kappa shape index (κ1) is 16.0. The molecule has 0 spiro atoms. The van der Waals surface area contributed by atoms with Crippen molar-refractivity contribution in [2.45, 2.75) is 37.5 Å². The lowest BCUT2D eigenvalue weighted by Gasteiger charge is -2.11. The van der Waals surface area contributed by atoms with E-state index in [1.807, 2.05) is 12.1 Å². The maximum Gasteiger partial charge on any atom is 0.226 e. The summed E-state index contributed by atoms with van der Waals surface area (Å²) >= 11 is 1.72. The normalized spacial score (nSPS) is 12.5. The minimum Gasteiger partial charge on any atom is -0.339 e.